The van der Waals surface area contributed by atoms with Gasteiger partial charge in [-0.25, -0.2) is 9.37 Å². The van der Waals surface area contributed by atoms with Crippen molar-refractivity contribution in [3.8, 4) is 22.9 Å². The van der Waals surface area contributed by atoms with Crippen molar-refractivity contribution in [2.75, 3.05) is 0 Å². The number of rotatable bonds is 3. The van der Waals surface area contributed by atoms with Crippen molar-refractivity contribution in [1.29, 1.82) is 0 Å². The van der Waals surface area contributed by atoms with Gasteiger partial charge in [-0.15, -0.1) is 10.2 Å². The molecule has 6 heteroatoms. The van der Waals surface area contributed by atoms with Gasteiger partial charge in [0, 0.05) is 11.8 Å². The van der Waals surface area contributed by atoms with Crippen molar-refractivity contribution in [3.05, 3.63) is 53.3 Å². The van der Waals surface area contributed by atoms with Crippen molar-refractivity contribution in [2.45, 2.75) is 33.4 Å². The Hall–Kier alpha value is -2.27. The molecular weight excluding hydrogens is 329 g/mol. The van der Waals surface area contributed by atoms with Crippen LogP contribution in [0.2, 0.25) is 5.15 Å². The fraction of sp³-hybridized carbons (Fsp3) is 0.278. The molecule has 1 aromatic carbocycles. The van der Waals surface area contributed by atoms with Crippen molar-refractivity contribution >= 4 is 11.6 Å². The fourth-order valence-corrected chi connectivity index (χ4v) is 2.22. The number of halogens is 2. The molecule has 0 saturated heterocycles. The summed E-state index contributed by atoms with van der Waals surface area (Å²) in [6, 6.07) is 10.4. The first-order valence-electron chi connectivity index (χ1n) is 7.69. The van der Waals surface area contributed by atoms with Gasteiger partial charge in [-0.3, -0.25) is 0 Å². The molecule has 0 fully saturated rings. The molecule has 2 heterocycles. The molecule has 0 aliphatic rings. The Morgan fingerprint density at radius 2 is 1.75 bits per heavy atom. The maximum absolute atomic E-state index is 14.0. The lowest BCUT2D eigenvalue weighted by atomic mass is 9.98. The highest BCUT2D eigenvalue weighted by Gasteiger charge is 2.20. The second-order valence-corrected chi connectivity index (χ2v) is 5.67. The second-order valence-electron chi connectivity index (χ2n) is 5.31. The van der Waals surface area contributed by atoms with Gasteiger partial charge in [0.1, 0.15) is 10.8 Å². The van der Waals surface area contributed by atoms with E-state index in [1.807, 2.05) is 13.8 Å². The van der Waals surface area contributed by atoms with Gasteiger partial charge in [0.05, 0.1) is 5.56 Å². The molecule has 4 nitrogen and oxygen atoms in total. The predicted molar refractivity (Wildman–Crippen MR) is 93.5 cm³/mol. The standard InChI is InChI=1S/C16H13ClFN3O.C2H6/c1-16(2,18)11-6-3-5-10(9-11)14-20-21-15(22-14)12-7-4-8-19-13(12)17;1-2/h3-9H,1-2H3;1-2H3. The molecule has 0 saturated carbocycles. The zero-order chi connectivity index (χ0) is 17.7. The van der Waals surface area contributed by atoms with E-state index in [-0.39, 0.29) is 11.0 Å². The molecule has 0 amide bonds. The van der Waals surface area contributed by atoms with Crippen LogP contribution in [0, 0.1) is 0 Å². The third-order valence-electron chi connectivity index (χ3n) is 3.21. The van der Waals surface area contributed by atoms with Crippen LogP contribution in [0.5, 0.6) is 0 Å². The zero-order valence-corrected chi connectivity index (χ0v) is 14.8. The van der Waals surface area contributed by atoms with E-state index in [4.69, 9.17) is 16.0 Å². The molecule has 3 aromatic rings. The lowest BCUT2D eigenvalue weighted by molar-refractivity contribution is 0.221. The third-order valence-corrected chi connectivity index (χ3v) is 3.51. The Bertz CT molecular complexity index is 812. The number of alkyl halides is 1. The summed E-state index contributed by atoms with van der Waals surface area (Å²) in [5, 5.41) is 8.27. The smallest absolute Gasteiger partial charge is 0.251 e. The summed E-state index contributed by atoms with van der Waals surface area (Å²) in [5.41, 5.74) is 0.321. The lowest BCUT2D eigenvalue weighted by Gasteiger charge is -2.14. The van der Waals surface area contributed by atoms with E-state index in [0.29, 0.717) is 22.6 Å². The Balaban J connectivity index is 0.00000100. The highest BCUT2D eigenvalue weighted by atomic mass is 35.5. The first kappa shape index (κ1) is 18.1. The van der Waals surface area contributed by atoms with Crippen molar-refractivity contribution in [2.24, 2.45) is 0 Å². The quantitative estimate of drug-likeness (QED) is 0.572. The SMILES string of the molecule is CC.CC(C)(F)c1cccc(-c2nnc(-c3cccnc3Cl)o2)c1. The number of nitrogens with zero attached hydrogens (tertiary/aromatic N) is 3. The molecule has 24 heavy (non-hydrogen) atoms. The fourth-order valence-electron chi connectivity index (χ4n) is 2.02. The van der Waals surface area contributed by atoms with Crippen LogP contribution in [-0.2, 0) is 5.67 Å². The molecule has 126 valence electrons. The van der Waals surface area contributed by atoms with Crippen LogP contribution in [0.3, 0.4) is 0 Å². The maximum atomic E-state index is 14.0. The van der Waals surface area contributed by atoms with E-state index in [1.54, 1.807) is 42.6 Å². The minimum absolute atomic E-state index is 0.276. The van der Waals surface area contributed by atoms with Crippen molar-refractivity contribution in [1.82, 2.24) is 15.2 Å². The van der Waals surface area contributed by atoms with Crippen LogP contribution in [-0.4, -0.2) is 15.2 Å². The number of hydrogen-bond donors (Lipinski definition) is 0. The first-order chi connectivity index (χ1) is 11.4. The second kappa shape index (κ2) is 7.53. The van der Waals surface area contributed by atoms with E-state index in [0.717, 1.165) is 0 Å². The Labute approximate surface area is 145 Å². The van der Waals surface area contributed by atoms with Crippen LogP contribution < -0.4 is 0 Å². The zero-order valence-electron chi connectivity index (χ0n) is 14.0. The summed E-state index contributed by atoms with van der Waals surface area (Å²) in [4.78, 5) is 3.97. The average Bonchev–Trinajstić information content (AvgIpc) is 3.06. The Morgan fingerprint density at radius 1 is 1.04 bits per heavy atom. The Morgan fingerprint density at radius 3 is 2.42 bits per heavy atom. The summed E-state index contributed by atoms with van der Waals surface area (Å²) in [6.45, 7) is 7.00. The summed E-state index contributed by atoms with van der Waals surface area (Å²) < 4.78 is 19.7. The van der Waals surface area contributed by atoms with E-state index >= 15 is 0 Å². The molecule has 0 bridgehead atoms. The van der Waals surface area contributed by atoms with Gasteiger partial charge in [-0.05, 0) is 43.7 Å². The summed E-state index contributed by atoms with van der Waals surface area (Å²) in [7, 11) is 0. The molecule has 0 radical (unpaired) electrons. The van der Waals surface area contributed by atoms with Gasteiger partial charge in [0.2, 0.25) is 5.89 Å². The molecule has 2 aromatic heterocycles. The van der Waals surface area contributed by atoms with Gasteiger partial charge >= 0.3 is 0 Å². The van der Waals surface area contributed by atoms with Gasteiger partial charge in [-0.2, -0.15) is 0 Å². The van der Waals surface area contributed by atoms with Crippen molar-refractivity contribution in [3.63, 3.8) is 0 Å². The summed E-state index contributed by atoms with van der Waals surface area (Å²) in [5.74, 6) is 0.582. The predicted octanol–water partition coefficient (Wildman–Crippen LogP) is 5.68. The molecule has 0 aliphatic heterocycles. The number of pyridine rings is 1. The molecule has 0 spiro atoms. The normalized spacial score (nSPS) is 10.9. The highest BCUT2D eigenvalue weighted by molar-refractivity contribution is 6.31. The molecular formula is C18H19ClFN3O. The average molecular weight is 348 g/mol. The van der Waals surface area contributed by atoms with Gasteiger partial charge in [-0.1, -0.05) is 37.6 Å². The molecule has 0 atom stereocenters. The molecule has 0 unspecified atom stereocenters. The van der Waals surface area contributed by atoms with Crippen LogP contribution >= 0.6 is 11.6 Å². The first-order valence-corrected chi connectivity index (χ1v) is 8.07. The third kappa shape index (κ3) is 3.97. The van der Waals surface area contributed by atoms with E-state index in [1.165, 1.54) is 13.8 Å². The minimum Gasteiger partial charge on any atom is -0.416 e. The number of hydrogen-bond acceptors (Lipinski definition) is 4. The topological polar surface area (TPSA) is 51.8 Å². The molecule has 0 N–H and O–H groups in total. The van der Waals surface area contributed by atoms with Crippen molar-refractivity contribution < 1.29 is 8.81 Å². The largest absolute Gasteiger partial charge is 0.416 e. The lowest BCUT2D eigenvalue weighted by Crippen LogP contribution is -2.08. The van der Waals surface area contributed by atoms with Crippen LogP contribution in [0.15, 0.2) is 47.0 Å². The van der Waals surface area contributed by atoms with Gasteiger partial charge in [0.25, 0.3) is 5.89 Å². The monoisotopic (exact) mass is 347 g/mol. The highest BCUT2D eigenvalue weighted by Crippen LogP contribution is 2.31. The maximum Gasteiger partial charge on any atom is 0.251 e. The molecule has 3 rings (SSSR count). The van der Waals surface area contributed by atoms with E-state index in [2.05, 4.69) is 15.2 Å². The number of aromatic nitrogens is 3. The summed E-state index contributed by atoms with van der Waals surface area (Å²) in [6.07, 6.45) is 1.58. The van der Waals surface area contributed by atoms with Crippen LogP contribution in [0.25, 0.3) is 22.9 Å². The Kier molecular flexibility index (Phi) is 5.67. The van der Waals surface area contributed by atoms with Gasteiger partial charge < -0.3 is 4.42 Å². The van der Waals surface area contributed by atoms with E-state index in [9.17, 15) is 4.39 Å². The van der Waals surface area contributed by atoms with E-state index < -0.39 is 5.67 Å². The van der Waals surface area contributed by atoms with Crippen LogP contribution in [0.1, 0.15) is 33.3 Å². The molecule has 0 aliphatic carbocycles. The van der Waals surface area contributed by atoms with Crippen LogP contribution in [0.4, 0.5) is 4.39 Å². The summed E-state index contributed by atoms with van der Waals surface area (Å²) >= 11 is 6.01. The van der Waals surface area contributed by atoms with Gasteiger partial charge in [0.15, 0.2) is 0 Å². The number of benzene rings is 1. The minimum atomic E-state index is -1.44.